The largest absolute Gasteiger partial charge is 0.483 e. The third-order valence-electron chi connectivity index (χ3n) is 4.63. The maximum Gasteiger partial charge on any atom is 0.338 e. The van der Waals surface area contributed by atoms with E-state index >= 15 is 0 Å². The van der Waals surface area contributed by atoms with Gasteiger partial charge in [0.25, 0.3) is 5.91 Å². The highest BCUT2D eigenvalue weighted by Crippen LogP contribution is 2.33. The van der Waals surface area contributed by atoms with Crippen LogP contribution in [0.2, 0.25) is 0 Å². The molecule has 1 atom stereocenters. The van der Waals surface area contributed by atoms with Gasteiger partial charge in [-0.2, -0.15) is 5.10 Å². The van der Waals surface area contributed by atoms with E-state index in [4.69, 9.17) is 21.7 Å². The number of thiophene rings is 1. The number of nitrogens with one attached hydrogen (secondary N) is 3. The first kappa shape index (κ1) is 23.4. The van der Waals surface area contributed by atoms with E-state index in [1.165, 1.54) is 11.3 Å². The summed E-state index contributed by atoms with van der Waals surface area (Å²) in [5, 5.41) is 12.4. The molecule has 1 amide bonds. The van der Waals surface area contributed by atoms with Crippen LogP contribution in [0.3, 0.4) is 0 Å². The second-order valence-corrected chi connectivity index (χ2v) is 8.23. The molecule has 1 aliphatic rings. The first-order valence-corrected chi connectivity index (χ1v) is 11.2. The maximum atomic E-state index is 12.6. The zero-order chi connectivity index (χ0) is 23.1. The number of rotatable bonds is 8. The summed E-state index contributed by atoms with van der Waals surface area (Å²) in [6, 6.07) is 8.54. The molecule has 1 aromatic heterocycles. The van der Waals surface area contributed by atoms with Gasteiger partial charge in [-0.05, 0) is 56.1 Å². The Labute approximate surface area is 195 Å². The highest BCUT2D eigenvalue weighted by molar-refractivity contribution is 7.80. The van der Waals surface area contributed by atoms with Gasteiger partial charge >= 0.3 is 5.97 Å². The fraction of sp³-hybridized carbons (Fsp3) is 0.273. The number of para-hydroxylation sites is 1. The van der Waals surface area contributed by atoms with Crippen molar-refractivity contribution < 1.29 is 19.1 Å². The number of carbonyl (C=O) groups excluding carboxylic acids is 2. The molecule has 0 spiro atoms. The van der Waals surface area contributed by atoms with Gasteiger partial charge in [0, 0.05) is 16.1 Å². The van der Waals surface area contributed by atoms with Crippen LogP contribution in [0.4, 0.5) is 0 Å². The lowest BCUT2D eigenvalue weighted by molar-refractivity contribution is -0.139. The molecule has 8 nitrogen and oxygen atoms in total. The molecule has 0 bridgehead atoms. The van der Waals surface area contributed by atoms with Crippen molar-refractivity contribution in [3.8, 4) is 5.75 Å². The molecule has 0 fully saturated rings. The molecule has 2 heterocycles. The summed E-state index contributed by atoms with van der Waals surface area (Å²) in [7, 11) is 0. The smallest absolute Gasteiger partial charge is 0.338 e. The Morgan fingerprint density at radius 2 is 2.06 bits per heavy atom. The zero-order valence-electron chi connectivity index (χ0n) is 17.9. The minimum absolute atomic E-state index is 0.245. The second kappa shape index (κ2) is 10.9. The first-order chi connectivity index (χ1) is 15.4. The number of esters is 1. The van der Waals surface area contributed by atoms with Gasteiger partial charge in [-0.25, -0.2) is 10.2 Å². The van der Waals surface area contributed by atoms with Gasteiger partial charge in [0.15, 0.2) is 11.7 Å². The number of benzene rings is 1. The number of nitrogens with zero attached hydrogens (tertiary/aromatic N) is 1. The number of allylic oxidation sites excluding steroid dienone is 1. The van der Waals surface area contributed by atoms with Crippen LogP contribution in [0.1, 0.15) is 35.9 Å². The topological polar surface area (TPSA) is 101 Å². The third kappa shape index (κ3) is 5.71. The van der Waals surface area contributed by atoms with Crippen molar-refractivity contribution in [3.63, 3.8) is 0 Å². The monoisotopic (exact) mass is 472 g/mol. The minimum atomic E-state index is -0.582. The van der Waals surface area contributed by atoms with Gasteiger partial charge in [0.05, 0.1) is 24.4 Å². The van der Waals surface area contributed by atoms with Crippen molar-refractivity contribution in [1.82, 2.24) is 16.1 Å². The quantitative estimate of drug-likeness (QED) is 0.235. The number of ether oxygens (including phenoxy) is 2. The first-order valence-electron chi connectivity index (χ1n) is 9.93. The maximum absolute atomic E-state index is 12.6. The van der Waals surface area contributed by atoms with Crippen LogP contribution in [-0.4, -0.2) is 36.4 Å². The predicted octanol–water partition coefficient (Wildman–Crippen LogP) is 2.94. The average Bonchev–Trinajstić information content (AvgIpc) is 3.16. The van der Waals surface area contributed by atoms with Gasteiger partial charge < -0.3 is 20.1 Å². The fourth-order valence-electron chi connectivity index (χ4n) is 3.11. The summed E-state index contributed by atoms with van der Waals surface area (Å²) >= 11 is 6.81. The van der Waals surface area contributed by atoms with Gasteiger partial charge in [-0.15, -0.1) is 11.3 Å². The zero-order valence-corrected chi connectivity index (χ0v) is 19.6. The third-order valence-corrected chi connectivity index (χ3v) is 5.80. The number of thiocarbonyl (C=S) groups is 1. The van der Waals surface area contributed by atoms with Gasteiger partial charge in [-0.3, -0.25) is 4.79 Å². The molecule has 3 rings (SSSR count). The van der Waals surface area contributed by atoms with Crippen molar-refractivity contribution in [2.45, 2.75) is 26.8 Å². The lowest BCUT2D eigenvalue weighted by atomic mass is 9.95. The van der Waals surface area contributed by atoms with Gasteiger partial charge in [0.2, 0.25) is 0 Å². The molecule has 10 heteroatoms. The Morgan fingerprint density at radius 3 is 2.78 bits per heavy atom. The van der Waals surface area contributed by atoms with Crippen molar-refractivity contribution in [1.29, 1.82) is 0 Å². The van der Waals surface area contributed by atoms with E-state index in [0.29, 0.717) is 27.7 Å². The van der Waals surface area contributed by atoms with Crippen LogP contribution in [0.25, 0.3) is 0 Å². The molecule has 2 aromatic rings. The molecule has 0 saturated heterocycles. The van der Waals surface area contributed by atoms with E-state index in [1.807, 2.05) is 30.5 Å². The van der Waals surface area contributed by atoms with E-state index < -0.39 is 17.9 Å². The minimum Gasteiger partial charge on any atom is -0.483 e. The van der Waals surface area contributed by atoms with Crippen molar-refractivity contribution in [2.75, 3.05) is 13.2 Å². The number of hydrazone groups is 1. The second-order valence-electron chi connectivity index (χ2n) is 6.88. The molecular formula is C22H24N4O4S2. The van der Waals surface area contributed by atoms with Crippen molar-refractivity contribution in [2.24, 2.45) is 5.10 Å². The normalized spacial score (nSPS) is 15.8. The molecule has 1 aromatic carbocycles. The molecule has 32 heavy (non-hydrogen) atoms. The summed E-state index contributed by atoms with van der Waals surface area (Å²) in [6.45, 7) is 5.48. The number of amides is 1. The Morgan fingerprint density at radius 1 is 1.28 bits per heavy atom. The van der Waals surface area contributed by atoms with Crippen LogP contribution in [0.5, 0.6) is 5.75 Å². The van der Waals surface area contributed by atoms with Crippen molar-refractivity contribution >= 4 is 46.8 Å². The standard InChI is InChI=1S/C22H24N4O4S2/c1-4-29-21(28)19-14(3)24-22(31)25-20(19)15-7-5-6-8-16(15)30-12-18(27)26-23-11-17-13(2)9-10-32-17/h5-11,20H,4,12H2,1-3H3,(H,26,27)(H2,24,25,31)/t20-/m0/s1. The molecule has 0 radical (unpaired) electrons. The molecular weight excluding hydrogens is 448 g/mol. The highest BCUT2D eigenvalue weighted by Gasteiger charge is 2.32. The molecule has 0 saturated carbocycles. The highest BCUT2D eigenvalue weighted by atomic mass is 32.1. The van der Waals surface area contributed by atoms with Crippen LogP contribution in [0, 0.1) is 6.92 Å². The summed E-state index contributed by atoms with van der Waals surface area (Å²) in [6.07, 6.45) is 1.60. The summed E-state index contributed by atoms with van der Waals surface area (Å²) < 4.78 is 11.0. The van der Waals surface area contributed by atoms with Crippen LogP contribution in [-0.2, 0) is 14.3 Å². The van der Waals surface area contributed by atoms with Crippen molar-refractivity contribution in [3.05, 3.63) is 63.0 Å². The van der Waals surface area contributed by atoms with Crippen LogP contribution >= 0.6 is 23.6 Å². The molecule has 168 valence electrons. The van der Waals surface area contributed by atoms with E-state index in [2.05, 4.69) is 21.2 Å². The fourth-order valence-corrected chi connectivity index (χ4v) is 4.17. The van der Waals surface area contributed by atoms with E-state index in [-0.39, 0.29) is 13.2 Å². The predicted molar refractivity (Wildman–Crippen MR) is 128 cm³/mol. The Hall–Kier alpha value is -3.24. The number of aryl methyl sites for hydroxylation is 1. The van der Waals surface area contributed by atoms with Gasteiger partial charge in [-0.1, -0.05) is 18.2 Å². The number of hydrogen-bond donors (Lipinski definition) is 3. The van der Waals surface area contributed by atoms with E-state index in [9.17, 15) is 9.59 Å². The lowest BCUT2D eigenvalue weighted by Crippen LogP contribution is -2.45. The molecule has 1 aliphatic heterocycles. The van der Waals surface area contributed by atoms with Crippen LogP contribution in [0.15, 0.2) is 52.1 Å². The summed E-state index contributed by atoms with van der Waals surface area (Å²) in [5.41, 5.74) is 5.20. The van der Waals surface area contributed by atoms with Crippen LogP contribution < -0.4 is 20.8 Å². The Kier molecular flexibility index (Phi) is 7.96. The van der Waals surface area contributed by atoms with E-state index in [0.717, 1.165) is 10.4 Å². The molecule has 0 aliphatic carbocycles. The Balaban J connectivity index is 1.73. The lowest BCUT2D eigenvalue weighted by Gasteiger charge is -2.30. The molecule has 0 unspecified atom stereocenters. The number of carbonyl (C=O) groups is 2. The summed E-state index contributed by atoms with van der Waals surface area (Å²) in [4.78, 5) is 25.8. The van der Waals surface area contributed by atoms with Gasteiger partial charge in [0.1, 0.15) is 5.75 Å². The Bertz CT molecular complexity index is 1080. The SMILES string of the molecule is CCOC(=O)C1=C(C)NC(=S)N[C@H]1c1ccccc1OCC(=O)NN=Cc1sccc1C. The number of hydrogen-bond acceptors (Lipinski definition) is 7. The molecule has 3 N–H and O–H groups in total. The summed E-state index contributed by atoms with van der Waals surface area (Å²) in [5.74, 6) is -0.419. The average molecular weight is 473 g/mol. The van der Waals surface area contributed by atoms with E-state index in [1.54, 1.807) is 32.2 Å².